The van der Waals surface area contributed by atoms with Crippen molar-refractivity contribution in [3.8, 4) is 0 Å². The number of hydrogen-bond donors (Lipinski definition) is 2. The molecule has 2 aromatic rings. The average molecular weight is 289 g/mol. The van der Waals surface area contributed by atoms with Crippen molar-refractivity contribution in [2.24, 2.45) is 5.73 Å². The van der Waals surface area contributed by atoms with Gasteiger partial charge in [-0.15, -0.1) is 0 Å². The molecule has 0 atom stereocenters. The van der Waals surface area contributed by atoms with Crippen LogP contribution in [0.3, 0.4) is 0 Å². The fraction of sp³-hybridized carbons (Fsp3) is 0.188. The minimum absolute atomic E-state index is 0.0654. The van der Waals surface area contributed by atoms with Gasteiger partial charge in [-0.25, -0.2) is 8.78 Å². The van der Waals surface area contributed by atoms with E-state index in [0.29, 0.717) is 13.0 Å². The van der Waals surface area contributed by atoms with Crippen molar-refractivity contribution in [3.63, 3.8) is 0 Å². The molecular weight excluding hydrogens is 272 g/mol. The SMILES string of the molecule is N=C(N)CCN(Cc1cc(F)ccc1F)c1ccccc1. The second-order valence-corrected chi connectivity index (χ2v) is 4.77. The highest BCUT2D eigenvalue weighted by atomic mass is 19.1. The highest BCUT2D eigenvalue weighted by molar-refractivity contribution is 5.77. The minimum Gasteiger partial charge on any atom is -0.388 e. The van der Waals surface area contributed by atoms with Crippen LogP contribution in [0.25, 0.3) is 0 Å². The first-order valence-corrected chi connectivity index (χ1v) is 6.63. The van der Waals surface area contributed by atoms with Gasteiger partial charge in [0.1, 0.15) is 11.6 Å². The standard InChI is InChI=1S/C16H17F2N3/c17-13-6-7-15(18)12(10-13)11-21(9-8-16(19)20)14-4-2-1-3-5-14/h1-7,10H,8-9,11H2,(H3,19,20). The van der Waals surface area contributed by atoms with E-state index in [9.17, 15) is 8.78 Å². The maximum absolute atomic E-state index is 13.8. The van der Waals surface area contributed by atoms with Crippen molar-refractivity contribution < 1.29 is 8.78 Å². The van der Waals surface area contributed by atoms with E-state index in [1.54, 1.807) is 0 Å². The van der Waals surface area contributed by atoms with Gasteiger partial charge in [0.05, 0.1) is 5.84 Å². The predicted molar refractivity (Wildman–Crippen MR) is 80.4 cm³/mol. The molecule has 0 aliphatic carbocycles. The zero-order chi connectivity index (χ0) is 15.2. The molecule has 0 spiro atoms. The van der Waals surface area contributed by atoms with E-state index < -0.39 is 11.6 Å². The fourth-order valence-corrected chi connectivity index (χ4v) is 2.06. The first kappa shape index (κ1) is 15.0. The molecule has 0 bridgehead atoms. The maximum Gasteiger partial charge on any atom is 0.128 e. The first-order valence-electron chi connectivity index (χ1n) is 6.63. The molecule has 2 rings (SSSR count). The van der Waals surface area contributed by atoms with Gasteiger partial charge in [0.25, 0.3) is 0 Å². The predicted octanol–water partition coefficient (Wildman–Crippen LogP) is 3.30. The molecule has 0 aliphatic rings. The monoisotopic (exact) mass is 289 g/mol. The quantitative estimate of drug-likeness (QED) is 0.633. The van der Waals surface area contributed by atoms with Gasteiger partial charge in [-0.05, 0) is 30.3 Å². The molecule has 0 saturated carbocycles. The Labute approximate surface area is 122 Å². The molecule has 5 heteroatoms. The Kier molecular flexibility index (Phi) is 4.87. The third-order valence-electron chi connectivity index (χ3n) is 3.14. The number of benzene rings is 2. The number of nitrogens with zero attached hydrogens (tertiary/aromatic N) is 1. The van der Waals surface area contributed by atoms with Gasteiger partial charge in [-0.2, -0.15) is 0 Å². The number of nitrogens with one attached hydrogen (secondary N) is 1. The second-order valence-electron chi connectivity index (χ2n) is 4.77. The molecule has 0 saturated heterocycles. The normalized spacial score (nSPS) is 10.4. The summed E-state index contributed by atoms with van der Waals surface area (Å²) >= 11 is 0. The average Bonchev–Trinajstić information content (AvgIpc) is 2.47. The van der Waals surface area contributed by atoms with Crippen molar-refractivity contribution in [2.75, 3.05) is 11.4 Å². The van der Waals surface area contributed by atoms with Crippen molar-refractivity contribution in [2.45, 2.75) is 13.0 Å². The van der Waals surface area contributed by atoms with E-state index in [0.717, 1.165) is 17.8 Å². The highest BCUT2D eigenvalue weighted by Gasteiger charge is 2.11. The Hall–Kier alpha value is -2.43. The van der Waals surface area contributed by atoms with Crippen LogP contribution in [0, 0.1) is 17.0 Å². The Balaban J connectivity index is 2.23. The van der Waals surface area contributed by atoms with Crippen LogP contribution in [0.15, 0.2) is 48.5 Å². The van der Waals surface area contributed by atoms with Crippen molar-refractivity contribution in [1.82, 2.24) is 0 Å². The number of anilines is 1. The molecule has 0 unspecified atom stereocenters. The molecule has 3 nitrogen and oxygen atoms in total. The van der Waals surface area contributed by atoms with Gasteiger partial charge in [-0.3, -0.25) is 5.41 Å². The van der Waals surface area contributed by atoms with Crippen LogP contribution in [0.1, 0.15) is 12.0 Å². The van der Waals surface area contributed by atoms with E-state index in [1.165, 1.54) is 6.07 Å². The van der Waals surface area contributed by atoms with Gasteiger partial charge >= 0.3 is 0 Å². The molecule has 21 heavy (non-hydrogen) atoms. The number of para-hydroxylation sites is 1. The third kappa shape index (κ3) is 4.27. The highest BCUT2D eigenvalue weighted by Crippen LogP contribution is 2.19. The molecule has 0 amide bonds. The summed E-state index contributed by atoms with van der Waals surface area (Å²) in [6.07, 6.45) is 0.367. The van der Waals surface area contributed by atoms with E-state index in [1.807, 2.05) is 35.2 Å². The molecule has 0 radical (unpaired) electrons. The summed E-state index contributed by atoms with van der Waals surface area (Å²) in [5, 5.41) is 7.32. The van der Waals surface area contributed by atoms with Gasteiger partial charge in [-0.1, -0.05) is 18.2 Å². The lowest BCUT2D eigenvalue weighted by Gasteiger charge is -2.25. The van der Waals surface area contributed by atoms with Crippen LogP contribution in [-0.4, -0.2) is 12.4 Å². The lowest BCUT2D eigenvalue weighted by atomic mass is 10.1. The lowest BCUT2D eigenvalue weighted by Crippen LogP contribution is -2.27. The first-order chi connectivity index (χ1) is 10.1. The maximum atomic E-state index is 13.8. The zero-order valence-electron chi connectivity index (χ0n) is 11.5. The molecular formula is C16H17F2N3. The van der Waals surface area contributed by atoms with Gasteiger partial charge in [0.2, 0.25) is 0 Å². The summed E-state index contributed by atoms with van der Waals surface area (Å²) < 4.78 is 27.1. The third-order valence-corrected chi connectivity index (χ3v) is 3.14. The summed E-state index contributed by atoms with van der Waals surface area (Å²) in [6, 6.07) is 12.8. The smallest absolute Gasteiger partial charge is 0.128 e. The van der Waals surface area contributed by atoms with Crippen LogP contribution < -0.4 is 10.6 Å². The van der Waals surface area contributed by atoms with Crippen LogP contribution in [0.2, 0.25) is 0 Å². The number of hydrogen-bond acceptors (Lipinski definition) is 2. The summed E-state index contributed by atoms with van der Waals surface area (Å²) in [5.41, 5.74) is 6.55. The fourth-order valence-electron chi connectivity index (χ4n) is 2.06. The molecule has 3 N–H and O–H groups in total. The van der Waals surface area contributed by atoms with Gasteiger partial charge < -0.3 is 10.6 Å². The number of halogens is 2. The van der Waals surface area contributed by atoms with E-state index in [2.05, 4.69) is 0 Å². The van der Waals surface area contributed by atoms with E-state index in [-0.39, 0.29) is 17.9 Å². The Morgan fingerprint density at radius 1 is 1.10 bits per heavy atom. The van der Waals surface area contributed by atoms with Crippen molar-refractivity contribution in [1.29, 1.82) is 5.41 Å². The summed E-state index contributed by atoms with van der Waals surface area (Å²) in [4.78, 5) is 1.87. The van der Waals surface area contributed by atoms with Crippen molar-refractivity contribution in [3.05, 3.63) is 65.7 Å². The van der Waals surface area contributed by atoms with Crippen LogP contribution in [0.4, 0.5) is 14.5 Å². The summed E-state index contributed by atoms with van der Waals surface area (Å²) in [5.74, 6) is -0.846. The van der Waals surface area contributed by atoms with Crippen molar-refractivity contribution >= 4 is 11.5 Å². The van der Waals surface area contributed by atoms with Gasteiger partial charge in [0, 0.05) is 30.8 Å². The molecule has 0 heterocycles. The topological polar surface area (TPSA) is 53.1 Å². The largest absolute Gasteiger partial charge is 0.388 e. The van der Waals surface area contributed by atoms with E-state index >= 15 is 0 Å². The molecule has 0 aliphatic heterocycles. The van der Waals surface area contributed by atoms with Gasteiger partial charge in [0.15, 0.2) is 0 Å². The van der Waals surface area contributed by atoms with Crippen LogP contribution >= 0.6 is 0 Å². The molecule has 0 fully saturated rings. The minimum atomic E-state index is -0.467. The zero-order valence-corrected chi connectivity index (χ0v) is 11.5. The Morgan fingerprint density at radius 3 is 2.48 bits per heavy atom. The number of amidine groups is 1. The number of rotatable bonds is 6. The Morgan fingerprint density at radius 2 is 1.81 bits per heavy atom. The Bertz CT molecular complexity index is 614. The second kappa shape index (κ2) is 6.83. The molecule has 0 aromatic heterocycles. The summed E-state index contributed by atoms with van der Waals surface area (Å²) in [6.45, 7) is 0.691. The van der Waals surface area contributed by atoms with Crippen LogP contribution in [-0.2, 0) is 6.54 Å². The summed E-state index contributed by atoms with van der Waals surface area (Å²) in [7, 11) is 0. The molecule has 2 aromatic carbocycles. The lowest BCUT2D eigenvalue weighted by molar-refractivity contribution is 0.581. The number of nitrogens with two attached hydrogens (primary N) is 1. The molecule has 110 valence electrons. The van der Waals surface area contributed by atoms with Crippen LogP contribution in [0.5, 0.6) is 0 Å². The van der Waals surface area contributed by atoms with E-state index in [4.69, 9.17) is 11.1 Å².